The van der Waals surface area contributed by atoms with Gasteiger partial charge >= 0.3 is 0 Å². The summed E-state index contributed by atoms with van der Waals surface area (Å²) in [6.45, 7) is 0.578. The van der Waals surface area contributed by atoms with Crippen LogP contribution in [0.2, 0.25) is 5.15 Å². The number of likely N-dealkylation sites (tertiary alicyclic amines) is 1. The molecule has 0 radical (unpaired) electrons. The van der Waals surface area contributed by atoms with Gasteiger partial charge in [0.15, 0.2) is 0 Å². The molecule has 4 rings (SSSR count). The fraction of sp³-hybridized carbons (Fsp3) is 0.211. The van der Waals surface area contributed by atoms with E-state index in [1.807, 2.05) is 0 Å². The summed E-state index contributed by atoms with van der Waals surface area (Å²) in [5.41, 5.74) is 6.79. The number of sulfonamides is 1. The average molecular weight is 480 g/mol. The summed E-state index contributed by atoms with van der Waals surface area (Å²) in [5, 5.41) is 17.6. The smallest absolute Gasteiger partial charge is 0.250 e. The Balaban J connectivity index is 1.48. The van der Waals surface area contributed by atoms with Crippen LogP contribution in [-0.2, 0) is 21.4 Å². The number of pyridine rings is 1. The fourth-order valence-electron chi connectivity index (χ4n) is 3.38. The summed E-state index contributed by atoms with van der Waals surface area (Å²) in [7, 11) is -3.91. The van der Waals surface area contributed by atoms with Crippen molar-refractivity contribution < 1.29 is 18.3 Å². The van der Waals surface area contributed by atoms with Crippen LogP contribution >= 0.6 is 22.9 Å². The van der Waals surface area contributed by atoms with Crippen molar-refractivity contribution >= 4 is 54.9 Å². The first-order chi connectivity index (χ1) is 14.6. The Morgan fingerprint density at radius 1 is 1.35 bits per heavy atom. The van der Waals surface area contributed by atoms with E-state index < -0.39 is 16.1 Å². The van der Waals surface area contributed by atoms with Crippen LogP contribution in [-0.4, -0.2) is 47.7 Å². The van der Waals surface area contributed by atoms with Crippen LogP contribution in [0.3, 0.4) is 0 Å². The zero-order valence-electron chi connectivity index (χ0n) is 16.0. The minimum atomic E-state index is -3.91. The molecule has 12 heteroatoms. The van der Waals surface area contributed by atoms with E-state index in [0.29, 0.717) is 28.7 Å². The van der Waals surface area contributed by atoms with Gasteiger partial charge < -0.3 is 15.7 Å². The minimum absolute atomic E-state index is 0.0631. The van der Waals surface area contributed by atoms with Crippen LogP contribution in [0.4, 0.5) is 0 Å². The maximum atomic E-state index is 12.8. The first-order valence-corrected chi connectivity index (χ1v) is 11.9. The van der Waals surface area contributed by atoms with Crippen molar-refractivity contribution in [2.45, 2.75) is 23.2 Å². The molecular weight excluding hydrogens is 462 g/mol. The van der Waals surface area contributed by atoms with Gasteiger partial charge in [0.05, 0.1) is 15.8 Å². The number of amides is 1. The van der Waals surface area contributed by atoms with Gasteiger partial charge in [0.25, 0.3) is 10.0 Å². The maximum absolute atomic E-state index is 12.8. The maximum Gasteiger partial charge on any atom is 0.250 e. The third-order valence-corrected chi connectivity index (χ3v) is 8.15. The number of nitrogens with two attached hydrogens (primary N) is 1. The number of phenols is 1. The van der Waals surface area contributed by atoms with Crippen LogP contribution in [0.15, 0.2) is 40.6 Å². The number of hydrogen-bond acceptors (Lipinski definition) is 7. The van der Waals surface area contributed by atoms with Gasteiger partial charge in [-0.25, -0.2) is 13.4 Å². The highest BCUT2D eigenvalue weighted by molar-refractivity contribution is 7.91. The lowest BCUT2D eigenvalue weighted by Gasteiger charge is -2.18. The normalized spacial score (nSPS) is 16.9. The van der Waals surface area contributed by atoms with E-state index in [1.54, 1.807) is 18.2 Å². The molecule has 0 bridgehead atoms. The molecule has 31 heavy (non-hydrogen) atoms. The molecule has 1 aromatic carbocycles. The molecule has 1 atom stereocenters. The molecule has 1 aliphatic rings. The molecule has 0 saturated carbocycles. The van der Waals surface area contributed by atoms with E-state index in [9.17, 15) is 18.3 Å². The molecule has 9 nitrogen and oxygen atoms in total. The third-order valence-electron chi connectivity index (χ3n) is 4.90. The highest BCUT2D eigenvalue weighted by Gasteiger charge is 2.35. The molecule has 1 amide bonds. The highest BCUT2D eigenvalue weighted by atomic mass is 35.5. The van der Waals surface area contributed by atoms with Crippen molar-refractivity contribution in [3.63, 3.8) is 0 Å². The number of nitrogens with one attached hydrogen (secondary N) is 2. The molecule has 1 saturated heterocycles. The van der Waals surface area contributed by atoms with Gasteiger partial charge in [-0.2, -0.15) is 4.72 Å². The van der Waals surface area contributed by atoms with Crippen molar-refractivity contribution in [2.75, 3.05) is 6.54 Å². The van der Waals surface area contributed by atoms with Crippen LogP contribution in [0.5, 0.6) is 5.75 Å². The van der Waals surface area contributed by atoms with Gasteiger partial charge in [-0.1, -0.05) is 17.7 Å². The molecule has 1 fully saturated rings. The Kier molecular flexibility index (Phi) is 5.60. The topological polar surface area (TPSA) is 149 Å². The molecule has 0 unspecified atom stereocenters. The number of aromatic nitrogens is 1. The number of hydrogen-bond donors (Lipinski definition) is 4. The number of fused-ring (bicyclic) bond motifs is 1. The van der Waals surface area contributed by atoms with Crippen molar-refractivity contribution in [3.8, 4) is 5.75 Å². The quantitative estimate of drug-likeness (QED) is 0.241. The lowest BCUT2D eigenvalue weighted by atomic mass is 10.1. The molecule has 0 spiro atoms. The number of nitrogen functional groups attached to an aromatic ring is 1. The van der Waals surface area contributed by atoms with Crippen molar-refractivity contribution in [3.05, 3.63) is 52.7 Å². The number of carbonyl (C=O) groups is 1. The molecule has 5 N–H and O–H groups in total. The second-order valence-electron chi connectivity index (χ2n) is 7.07. The SMILES string of the molecule is N=C(N)c1cc(CN2CC[C@H](NS(=O)(=O)c3cc4nc(Cl)ccc4s3)C2=O)ccc1O. The molecular formula is C19H18ClN5O4S2. The zero-order valence-corrected chi connectivity index (χ0v) is 18.4. The Bertz CT molecular complexity index is 1310. The first kappa shape index (κ1) is 21.5. The second-order valence-corrected chi connectivity index (χ2v) is 10.5. The summed E-state index contributed by atoms with van der Waals surface area (Å²) >= 11 is 6.92. The summed E-state index contributed by atoms with van der Waals surface area (Å²) in [4.78, 5) is 18.4. The Morgan fingerprint density at radius 2 is 2.13 bits per heavy atom. The Morgan fingerprint density at radius 3 is 2.87 bits per heavy atom. The van der Waals surface area contributed by atoms with E-state index in [4.69, 9.17) is 22.7 Å². The number of rotatable bonds is 6. The lowest BCUT2D eigenvalue weighted by molar-refractivity contribution is -0.129. The van der Waals surface area contributed by atoms with Gasteiger partial charge in [-0.05, 0) is 42.3 Å². The van der Waals surface area contributed by atoms with Crippen LogP contribution in [0, 0.1) is 5.41 Å². The Hall–Kier alpha value is -2.73. The van der Waals surface area contributed by atoms with Crippen LogP contribution in [0.1, 0.15) is 17.5 Å². The van der Waals surface area contributed by atoms with Gasteiger partial charge in [0.1, 0.15) is 27.0 Å². The van der Waals surface area contributed by atoms with E-state index in [0.717, 1.165) is 11.3 Å². The van der Waals surface area contributed by atoms with Gasteiger partial charge in [-0.15, -0.1) is 11.3 Å². The number of phenolic OH excluding ortho intramolecular Hbond substituents is 1. The predicted octanol–water partition coefficient (Wildman–Crippen LogP) is 2.02. The predicted molar refractivity (Wildman–Crippen MR) is 118 cm³/mol. The van der Waals surface area contributed by atoms with Gasteiger partial charge in [-0.3, -0.25) is 10.2 Å². The number of nitrogens with zero attached hydrogens (tertiary/aromatic N) is 2. The van der Waals surface area contributed by atoms with E-state index in [1.165, 1.54) is 23.1 Å². The summed E-state index contributed by atoms with van der Waals surface area (Å²) in [6.07, 6.45) is 0.324. The van der Waals surface area contributed by atoms with Gasteiger partial charge in [0, 0.05) is 13.1 Å². The largest absolute Gasteiger partial charge is 0.507 e. The first-order valence-electron chi connectivity index (χ1n) is 9.17. The number of aromatic hydroxyl groups is 1. The highest BCUT2D eigenvalue weighted by Crippen LogP contribution is 2.29. The average Bonchev–Trinajstić information content (AvgIpc) is 3.28. The van der Waals surface area contributed by atoms with E-state index in [2.05, 4.69) is 9.71 Å². The standard InChI is InChI=1S/C19H18ClN5O4S2/c20-16-4-3-15-13(23-16)8-17(30-15)31(28,29)24-12-5-6-25(19(12)27)9-10-1-2-14(26)11(7-10)18(21)22/h1-4,7-8,12,24,26H,5-6,9H2,(H3,21,22)/t12-/m0/s1. The molecule has 3 aromatic rings. The fourth-order valence-corrected chi connectivity index (χ4v) is 6.09. The molecule has 0 aliphatic carbocycles. The number of thiophene rings is 1. The lowest BCUT2D eigenvalue weighted by Crippen LogP contribution is -2.41. The molecule has 1 aliphatic heterocycles. The van der Waals surface area contributed by atoms with E-state index >= 15 is 0 Å². The van der Waals surface area contributed by atoms with Crippen molar-refractivity contribution in [1.29, 1.82) is 5.41 Å². The van der Waals surface area contributed by atoms with Crippen molar-refractivity contribution in [1.82, 2.24) is 14.6 Å². The van der Waals surface area contributed by atoms with Crippen molar-refractivity contribution in [2.24, 2.45) is 5.73 Å². The van der Waals surface area contributed by atoms with Crippen LogP contribution in [0.25, 0.3) is 10.2 Å². The molecule has 162 valence electrons. The Labute approximate surface area is 187 Å². The number of carbonyl (C=O) groups excluding carboxylic acids is 1. The number of amidine groups is 1. The summed E-state index contributed by atoms with van der Waals surface area (Å²) < 4.78 is 28.9. The molecule has 3 heterocycles. The summed E-state index contributed by atoms with van der Waals surface area (Å²) in [6, 6.07) is 8.42. The minimum Gasteiger partial charge on any atom is -0.507 e. The van der Waals surface area contributed by atoms with Crippen LogP contribution < -0.4 is 10.5 Å². The second kappa shape index (κ2) is 8.08. The third kappa shape index (κ3) is 4.35. The number of benzene rings is 1. The zero-order chi connectivity index (χ0) is 22.3. The van der Waals surface area contributed by atoms with Gasteiger partial charge in [0.2, 0.25) is 5.91 Å². The van der Waals surface area contributed by atoms with E-state index in [-0.39, 0.29) is 39.0 Å². The monoisotopic (exact) mass is 479 g/mol. The summed E-state index contributed by atoms with van der Waals surface area (Å²) in [5.74, 6) is -0.742. The molecule has 2 aromatic heterocycles. The number of halogens is 1.